The minimum Gasteiger partial charge on any atom is -0.438 e. The van der Waals surface area contributed by atoms with Gasteiger partial charge in [-0.25, -0.2) is 4.98 Å². The van der Waals surface area contributed by atoms with Crippen LogP contribution < -0.4 is 0 Å². The van der Waals surface area contributed by atoms with Gasteiger partial charge in [-0.05, 0) is 38.4 Å². The highest BCUT2D eigenvalue weighted by molar-refractivity contribution is 5.93. The topological polar surface area (TPSA) is 71.7 Å². The van der Waals surface area contributed by atoms with Gasteiger partial charge in [-0.1, -0.05) is 6.07 Å². The van der Waals surface area contributed by atoms with Crippen LogP contribution in [0.1, 0.15) is 28.4 Å². The zero-order valence-electron chi connectivity index (χ0n) is 15.2. The molecular formula is C19H24N4O3. The first-order valence-electron chi connectivity index (χ1n) is 8.96. The highest BCUT2D eigenvalue weighted by atomic mass is 16.5. The molecule has 0 N–H and O–H groups in total. The smallest absolute Gasteiger partial charge is 0.291 e. The second-order valence-corrected chi connectivity index (χ2v) is 7.44. The maximum atomic E-state index is 12.5. The Balaban J connectivity index is 1.28. The summed E-state index contributed by atoms with van der Waals surface area (Å²) in [4.78, 5) is 25.0. The Morgan fingerprint density at radius 1 is 1.38 bits per heavy atom. The molecule has 1 unspecified atom stereocenters. The summed E-state index contributed by atoms with van der Waals surface area (Å²) in [6.45, 7) is 5.52. The molecule has 0 saturated carbocycles. The predicted molar refractivity (Wildman–Crippen MR) is 94.5 cm³/mol. The van der Waals surface area contributed by atoms with E-state index in [0.29, 0.717) is 24.0 Å². The van der Waals surface area contributed by atoms with E-state index in [9.17, 15) is 4.79 Å². The molecule has 2 fully saturated rings. The van der Waals surface area contributed by atoms with E-state index in [4.69, 9.17) is 9.15 Å². The molecular weight excluding hydrogens is 332 g/mol. The molecule has 4 rings (SSSR count). The molecule has 7 nitrogen and oxygen atoms in total. The highest BCUT2D eigenvalue weighted by Gasteiger charge is 2.53. The van der Waals surface area contributed by atoms with Crippen molar-refractivity contribution in [3.63, 3.8) is 0 Å². The lowest BCUT2D eigenvalue weighted by Crippen LogP contribution is -2.68. The summed E-state index contributed by atoms with van der Waals surface area (Å²) in [7, 11) is 2.14. The molecule has 2 aliphatic rings. The van der Waals surface area contributed by atoms with Crippen molar-refractivity contribution in [2.24, 2.45) is 5.92 Å². The number of ether oxygens (including phenoxy) is 1. The normalized spacial score (nSPS) is 21.9. The van der Waals surface area contributed by atoms with E-state index in [2.05, 4.69) is 21.9 Å². The minimum atomic E-state index is -0.0612. The molecule has 7 heteroatoms. The molecule has 2 aromatic heterocycles. The second kappa shape index (κ2) is 6.81. The molecule has 2 aliphatic heterocycles. The zero-order chi connectivity index (χ0) is 18.1. The van der Waals surface area contributed by atoms with Gasteiger partial charge >= 0.3 is 0 Å². The van der Waals surface area contributed by atoms with Crippen molar-refractivity contribution in [3.8, 4) is 0 Å². The largest absolute Gasteiger partial charge is 0.438 e. The lowest BCUT2D eigenvalue weighted by atomic mass is 9.84. The Kier molecular flexibility index (Phi) is 4.50. The van der Waals surface area contributed by atoms with Gasteiger partial charge in [-0.2, -0.15) is 0 Å². The number of hydrogen-bond acceptors (Lipinski definition) is 6. The van der Waals surface area contributed by atoms with Gasteiger partial charge < -0.3 is 14.1 Å². The van der Waals surface area contributed by atoms with Gasteiger partial charge in [0, 0.05) is 25.8 Å². The number of aromatic nitrogens is 2. The van der Waals surface area contributed by atoms with E-state index < -0.39 is 0 Å². The van der Waals surface area contributed by atoms with Crippen LogP contribution in [0.25, 0.3) is 0 Å². The average Bonchev–Trinajstić information content (AvgIpc) is 3.17. The lowest BCUT2D eigenvalue weighted by Gasteiger charge is -2.51. The molecule has 138 valence electrons. The molecule has 4 heterocycles. The third kappa shape index (κ3) is 3.12. The second-order valence-electron chi connectivity index (χ2n) is 7.44. The number of hydrogen-bond donors (Lipinski definition) is 0. The van der Waals surface area contributed by atoms with E-state index in [1.807, 2.05) is 23.1 Å². The maximum Gasteiger partial charge on any atom is 0.291 e. The Hall–Kier alpha value is -2.25. The first-order valence-corrected chi connectivity index (χ1v) is 8.96. The Bertz CT molecular complexity index is 770. The van der Waals surface area contributed by atoms with Crippen molar-refractivity contribution in [1.82, 2.24) is 19.8 Å². The van der Waals surface area contributed by atoms with Crippen LogP contribution in [0.3, 0.4) is 0 Å². The molecule has 0 aliphatic carbocycles. The van der Waals surface area contributed by atoms with Crippen molar-refractivity contribution in [1.29, 1.82) is 0 Å². The van der Waals surface area contributed by atoms with Crippen molar-refractivity contribution >= 4 is 5.91 Å². The van der Waals surface area contributed by atoms with E-state index in [-0.39, 0.29) is 11.4 Å². The van der Waals surface area contributed by atoms with Gasteiger partial charge in [0.25, 0.3) is 5.91 Å². The van der Waals surface area contributed by atoms with Crippen LogP contribution in [0.5, 0.6) is 0 Å². The van der Waals surface area contributed by atoms with Crippen molar-refractivity contribution < 1.29 is 13.9 Å². The molecule has 26 heavy (non-hydrogen) atoms. The SMILES string of the molecule is Cc1ncoc1C(=O)N1CC2(CC(COCc3ccccn3)CN2C)C1. The highest BCUT2D eigenvalue weighted by Crippen LogP contribution is 2.40. The number of nitrogens with zero attached hydrogens (tertiary/aromatic N) is 4. The molecule has 2 aromatic rings. The summed E-state index contributed by atoms with van der Waals surface area (Å²) in [5.74, 6) is 0.776. The first-order chi connectivity index (χ1) is 12.6. The molecule has 1 spiro atoms. The van der Waals surface area contributed by atoms with E-state index >= 15 is 0 Å². The fourth-order valence-electron chi connectivity index (χ4n) is 4.09. The van der Waals surface area contributed by atoms with E-state index in [1.54, 1.807) is 13.1 Å². The summed E-state index contributed by atoms with van der Waals surface area (Å²) < 4.78 is 11.1. The monoisotopic (exact) mass is 356 g/mol. The number of pyridine rings is 1. The number of likely N-dealkylation sites (tertiary alicyclic amines) is 2. The standard InChI is InChI=1S/C19H24N4O3/c1-14-17(26-13-21-14)18(24)23-11-19(12-23)7-15(8-22(19)2)9-25-10-16-5-3-4-6-20-16/h3-6,13,15H,7-12H2,1-2H3. The number of likely N-dealkylation sites (N-methyl/N-ethyl adjacent to an activating group) is 1. The number of aryl methyl sites for hydroxylation is 1. The van der Waals surface area contributed by atoms with Crippen LogP contribution in [-0.4, -0.2) is 64.5 Å². The molecule has 2 saturated heterocycles. The van der Waals surface area contributed by atoms with Crippen LogP contribution in [0.15, 0.2) is 35.2 Å². The average molecular weight is 356 g/mol. The maximum absolute atomic E-state index is 12.5. The Morgan fingerprint density at radius 3 is 2.92 bits per heavy atom. The van der Waals surface area contributed by atoms with Crippen LogP contribution in [0, 0.1) is 12.8 Å². The van der Waals surface area contributed by atoms with Gasteiger partial charge in [-0.15, -0.1) is 0 Å². The molecule has 1 atom stereocenters. The van der Waals surface area contributed by atoms with E-state index in [1.165, 1.54) is 6.39 Å². The fraction of sp³-hybridized carbons (Fsp3) is 0.526. The summed E-state index contributed by atoms with van der Waals surface area (Å²) in [5, 5.41) is 0. The minimum absolute atomic E-state index is 0.0612. The van der Waals surface area contributed by atoms with E-state index in [0.717, 1.165) is 38.4 Å². The fourth-order valence-corrected chi connectivity index (χ4v) is 4.09. The number of carbonyl (C=O) groups is 1. The number of amides is 1. The zero-order valence-corrected chi connectivity index (χ0v) is 15.2. The first kappa shape index (κ1) is 17.2. The predicted octanol–water partition coefficient (Wildman–Crippen LogP) is 1.74. The van der Waals surface area contributed by atoms with Gasteiger partial charge in [-0.3, -0.25) is 14.7 Å². The number of rotatable bonds is 5. The van der Waals surface area contributed by atoms with Crippen LogP contribution in [-0.2, 0) is 11.3 Å². The summed E-state index contributed by atoms with van der Waals surface area (Å²) in [6.07, 6.45) is 4.16. The van der Waals surface area contributed by atoms with Crippen LogP contribution in [0.4, 0.5) is 0 Å². The van der Waals surface area contributed by atoms with Crippen molar-refractivity contribution in [2.45, 2.75) is 25.5 Å². The third-order valence-corrected chi connectivity index (χ3v) is 5.54. The summed E-state index contributed by atoms with van der Waals surface area (Å²) in [5.41, 5.74) is 1.68. The number of carbonyl (C=O) groups excluding carboxylic acids is 1. The molecule has 0 bridgehead atoms. The van der Waals surface area contributed by atoms with Gasteiger partial charge in [0.05, 0.1) is 30.1 Å². The summed E-state index contributed by atoms with van der Waals surface area (Å²) >= 11 is 0. The van der Waals surface area contributed by atoms with Crippen molar-refractivity contribution in [2.75, 3.05) is 33.3 Å². The van der Waals surface area contributed by atoms with Gasteiger partial charge in [0.2, 0.25) is 5.76 Å². The molecule has 0 aromatic carbocycles. The quantitative estimate of drug-likeness (QED) is 0.813. The lowest BCUT2D eigenvalue weighted by molar-refractivity contribution is -0.00992. The third-order valence-electron chi connectivity index (χ3n) is 5.54. The van der Waals surface area contributed by atoms with Crippen LogP contribution in [0.2, 0.25) is 0 Å². The van der Waals surface area contributed by atoms with Gasteiger partial charge in [0.15, 0.2) is 6.39 Å². The Morgan fingerprint density at radius 2 is 2.23 bits per heavy atom. The summed E-state index contributed by atoms with van der Waals surface area (Å²) in [6, 6.07) is 5.85. The van der Waals surface area contributed by atoms with Gasteiger partial charge in [0.1, 0.15) is 0 Å². The van der Waals surface area contributed by atoms with Crippen LogP contribution >= 0.6 is 0 Å². The number of oxazole rings is 1. The molecule has 1 amide bonds. The van der Waals surface area contributed by atoms with Crippen molar-refractivity contribution in [3.05, 3.63) is 47.9 Å². The molecule has 0 radical (unpaired) electrons. The Labute approximate surface area is 153 Å².